The van der Waals surface area contributed by atoms with Crippen LogP contribution < -0.4 is 10.4 Å². The van der Waals surface area contributed by atoms with Crippen LogP contribution >= 0.6 is 0 Å². The Morgan fingerprint density at radius 3 is 1.84 bits per heavy atom. The number of hydrogen-bond acceptors (Lipinski definition) is 1. The molecular formula is C23H32OSi. The molecule has 1 atom stereocenters. The largest absolute Gasteiger partial charge is 0.424 e. The van der Waals surface area contributed by atoms with Crippen LogP contribution in [0, 0.1) is 5.92 Å². The van der Waals surface area contributed by atoms with Gasteiger partial charge in [0, 0.05) is 0 Å². The van der Waals surface area contributed by atoms with Crippen molar-refractivity contribution in [3.8, 4) is 0 Å². The van der Waals surface area contributed by atoms with E-state index in [1.165, 1.54) is 5.57 Å². The molecule has 0 bridgehead atoms. The Morgan fingerprint density at radius 2 is 1.44 bits per heavy atom. The van der Waals surface area contributed by atoms with Crippen LogP contribution in [-0.4, -0.2) is 13.1 Å². The lowest BCUT2D eigenvalue weighted by molar-refractivity contribution is 0.413. The van der Waals surface area contributed by atoms with Gasteiger partial charge < -0.3 is 4.80 Å². The highest BCUT2D eigenvalue weighted by Crippen LogP contribution is 2.41. The molecule has 1 nitrogen and oxygen atoms in total. The first kappa shape index (κ1) is 19.7. The molecule has 0 fully saturated rings. The Labute approximate surface area is 154 Å². The molecule has 0 heterocycles. The molecule has 2 aromatic rings. The molecule has 25 heavy (non-hydrogen) atoms. The van der Waals surface area contributed by atoms with Crippen molar-refractivity contribution < 1.29 is 4.80 Å². The van der Waals surface area contributed by atoms with Crippen LogP contribution in [-0.2, 0) is 0 Å². The molecule has 1 N–H and O–H groups in total. The third kappa shape index (κ3) is 4.50. The molecule has 2 heteroatoms. The predicted molar refractivity (Wildman–Crippen MR) is 112 cm³/mol. The van der Waals surface area contributed by atoms with E-state index in [2.05, 4.69) is 58.5 Å². The molecule has 0 aliphatic heterocycles. The molecule has 0 aliphatic rings. The van der Waals surface area contributed by atoms with E-state index in [1.807, 2.05) is 36.4 Å². The maximum Gasteiger partial charge on any atom is 0.258 e. The Kier molecular flexibility index (Phi) is 6.42. The van der Waals surface area contributed by atoms with Gasteiger partial charge in [0.25, 0.3) is 8.32 Å². The van der Waals surface area contributed by atoms with Crippen molar-refractivity contribution in [2.45, 2.75) is 52.0 Å². The molecule has 0 unspecified atom stereocenters. The zero-order valence-electron chi connectivity index (χ0n) is 16.1. The lowest BCUT2D eigenvalue weighted by atomic mass is 9.94. The van der Waals surface area contributed by atoms with Gasteiger partial charge in [0.05, 0.1) is 0 Å². The summed E-state index contributed by atoms with van der Waals surface area (Å²) in [6, 6.07) is 20.6. The second-order valence-electron chi connectivity index (χ2n) is 8.13. The van der Waals surface area contributed by atoms with E-state index in [-0.39, 0.29) is 5.04 Å². The summed E-state index contributed by atoms with van der Waals surface area (Å²) in [5.41, 5.74) is 1.24. The van der Waals surface area contributed by atoms with E-state index in [1.54, 1.807) is 0 Å². The van der Waals surface area contributed by atoms with Crippen molar-refractivity contribution in [1.29, 1.82) is 0 Å². The van der Waals surface area contributed by atoms with E-state index in [4.69, 9.17) is 0 Å². The maximum absolute atomic E-state index is 12.1. The topological polar surface area (TPSA) is 20.2 Å². The normalized spacial score (nSPS) is 13.5. The highest BCUT2D eigenvalue weighted by atomic mass is 28.4. The smallest absolute Gasteiger partial charge is 0.258 e. The molecular weight excluding hydrogens is 320 g/mol. The zero-order valence-corrected chi connectivity index (χ0v) is 17.1. The molecule has 0 saturated carbocycles. The van der Waals surface area contributed by atoms with Crippen molar-refractivity contribution >= 4 is 18.7 Å². The van der Waals surface area contributed by atoms with Crippen LogP contribution in [0.2, 0.25) is 5.04 Å². The average Bonchev–Trinajstić information content (AvgIpc) is 2.60. The predicted octanol–water partition coefficient (Wildman–Crippen LogP) is 4.90. The van der Waals surface area contributed by atoms with Gasteiger partial charge in [-0.2, -0.15) is 0 Å². The van der Waals surface area contributed by atoms with Crippen LogP contribution in [0.3, 0.4) is 0 Å². The summed E-state index contributed by atoms with van der Waals surface area (Å²) in [4.78, 5) is 12.1. The molecule has 2 aromatic carbocycles. The fraction of sp³-hybridized carbons (Fsp3) is 0.391. The van der Waals surface area contributed by atoms with E-state index >= 15 is 0 Å². The SMILES string of the molecule is C=C(C)C[C@H](C)CCC(C)(C)[Si](O)(c1ccccc1)c1ccccc1. The van der Waals surface area contributed by atoms with Gasteiger partial charge in [-0.15, -0.1) is 6.58 Å². The Bertz CT molecular complexity index is 636. The molecule has 134 valence electrons. The van der Waals surface area contributed by atoms with E-state index in [9.17, 15) is 4.80 Å². The van der Waals surface area contributed by atoms with Gasteiger partial charge in [-0.05, 0) is 41.1 Å². The van der Waals surface area contributed by atoms with Gasteiger partial charge in [0.1, 0.15) is 0 Å². The van der Waals surface area contributed by atoms with Crippen molar-refractivity contribution in [2.24, 2.45) is 5.92 Å². The fourth-order valence-electron chi connectivity index (χ4n) is 3.79. The summed E-state index contributed by atoms with van der Waals surface area (Å²) >= 11 is 0. The van der Waals surface area contributed by atoms with Crippen LogP contribution in [0.4, 0.5) is 0 Å². The first-order valence-electron chi connectivity index (χ1n) is 9.25. The number of hydrogen-bond donors (Lipinski definition) is 1. The van der Waals surface area contributed by atoms with Gasteiger partial charge in [0.2, 0.25) is 0 Å². The van der Waals surface area contributed by atoms with Gasteiger partial charge in [-0.25, -0.2) is 0 Å². The fourth-order valence-corrected chi connectivity index (χ4v) is 7.54. The summed E-state index contributed by atoms with van der Waals surface area (Å²) < 4.78 is 0. The average molecular weight is 353 g/mol. The second-order valence-corrected chi connectivity index (χ2v) is 12.1. The number of allylic oxidation sites excluding steroid dienone is 1. The van der Waals surface area contributed by atoms with Crippen molar-refractivity contribution in [3.05, 3.63) is 72.8 Å². The quantitative estimate of drug-likeness (QED) is 0.529. The first-order valence-corrected chi connectivity index (χ1v) is 11.2. The van der Waals surface area contributed by atoms with Gasteiger partial charge in [-0.3, -0.25) is 0 Å². The van der Waals surface area contributed by atoms with Crippen LogP contribution in [0.15, 0.2) is 72.8 Å². The van der Waals surface area contributed by atoms with Gasteiger partial charge >= 0.3 is 0 Å². The summed E-state index contributed by atoms with van der Waals surface area (Å²) in [6.45, 7) is 12.9. The Morgan fingerprint density at radius 1 is 1.00 bits per heavy atom. The van der Waals surface area contributed by atoms with Crippen molar-refractivity contribution in [2.75, 3.05) is 0 Å². The van der Waals surface area contributed by atoms with Gasteiger partial charge in [0.15, 0.2) is 0 Å². The lowest BCUT2D eigenvalue weighted by Crippen LogP contribution is -2.65. The number of benzene rings is 2. The molecule has 0 aliphatic carbocycles. The number of rotatable bonds is 8. The Hall–Kier alpha value is -1.64. The molecule has 0 radical (unpaired) electrons. The highest BCUT2D eigenvalue weighted by Gasteiger charge is 2.49. The highest BCUT2D eigenvalue weighted by molar-refractivity contribution is 6.98. The van der Waals surface area contributed by atoms with Crippen LogP contribution in [0.1, 0.15) is 47.0 Å². The Balaban J connectivity index is 2.36. The van der Waals surface area contributed by atoms with Crippen molar-refractivity contribution in [1.82, 2.24) is 0 Å². The minimum absolute atomic E-state index is 0.154. The molecule has 0 aromatic heterocycles. The van der Waals surface area contributed by atoms with Crippen LogP contribution in [0.5, 0.6) is 0 Å². The minimum Gasteiger partial charge on any atom is -0.424 e. The summed E-state index contributed by atoms with van der Waals surface area (Å²) in [6.07, 6.45) is 3.18. The van der Waals surface area contributed by atoms with Gasteiger partial charge in [-0.1, -0.05) is 93.4 Å². The van der Waals surface area contributed by atoms with E-state index in [0.717, 1.165) is 29.6 Å². The standard InChI is InChI=1S/C23H32OSi/c1-19(2)18-20(3)16-17-23(4,5)25(24,21-12-8-6-9-13-21)22-14-10-7-11-15-22/h6-15,20,24H,1,16-18H2,2-5H3/t20-/m1/s1. The third-order valence-corrected chi connectivity index (χ3v) is 9.87. The molecule has 0 saturated heterocycles. The summed E-state index contributed by atoms with van der Waals surface area (Å²) in [5, 5.41) is 2.04. The van der Waals surface area contributed by atoms with E-state index < -0.39 is 8.32 Å². The minimum atomic E-state index is -2.86. The maximum atomic E-state index is 12.1. The molecule has 2 rings (SSSR count). The molecule has 0 spiro atoms. The van der Waals surface area contributed by atoms with Crippen LogP contribution in [0.25, 0.3) is 0 Å². The van der Waals surface area contributed by atoms with E-state index in [0.29, 0.717) is 5.92 Å². The second kappa shape index (κ2) is 8.16. The lowest BCUT2D eigenvalue weighted by Gasteiger charge is -2.42. The third-order valence-electron chi connectivity index (χ3n) is 5.32. The summed E-state index contributed by atoms with van der Waals surface area (Å²) in [5.74, 6) is 0.599. The molecule has 0 amide bonds. The monoisotopic (exact) mass is 352 g/mol. The van der Waals surface area contributed by atoms with Crippen molar-refractivity contribution in [3.63, 3.8) is 0 Å². The summed E-state index contributed by atoms with van der Waals surface area (Å²) in [7, 11) is -2.86. The zero-order chi connectivity index (χ0) is 18.5. The first-order chi connectivity index (χ1) is 11.8.